The Labute approximate surface area is 303 Å². The van der Waals surface area contributed by atoms with Gasteiger partial charge in [-0.1, -0.05) is 23.4 Å². The number of phenols is 1. The molecule has 4 aliphatic carbocycles. The van der Waals surface area contributed by atoms with Gasteiger partial charge in [0.25, 0.3) is 0 Å². The van der Waals surface area contributed by atoms with E-state index in [1.807, 2.05) is 44.3 Å². The van der Waals surface area contributed by atoms with E-state index in [0.717, 1.165) is 57.3 Å². The highest BCUT2D eigenvalue weighted by Gasteiger charge is 2.51. The van der Waals surface area contributed by atoms with Crippen LogP contribution in [0.1, 0.15) is 85.0 Å². The molecule has 0 aliphatic heterocycles. The van der Waals surface area contributed by atoms with Crippen molar-refractivity contribution in [1.82, 2.24) is 31.1 Å². The van der Waals surface area contributed by atoms with Crippen LogP contribution < -0.4 is 27.4 Å². The first-order valence-electron chi connectivity index (χ1n) is 18.5. The highest BCUT2D eigenvalue weighted by atomic mass is 16.5. The lowest BCUT2D eigenvalue weighted by Gasteiger charge is -2.56. The van der Waals surface area contributed by atoms with Gasteiger partial charge >= 0.3 is 0 Å². The number of nitrogens with two attached hydrogens (primary N) is 2. The number of fused-ring (bicyclic) bond motifs is 1. The summed E-state index contributed by atoms with van der Waals surface area (Å²) in [6.07, 6.45) is 11.2. The average Bonchev–Trinajstić information content (AvgIpc) is 3.71. The van der Waals surface area contributed by atoms with Crippen molar-refractivity contribution in [1.29, 1.82) is 5.41 Å². The molecule has 4 saturated carbocycles. The van der Waals surface area contributed by atoms with Gasteiger partial charge in [-0.3, -0.25) is 15.0 Å². The summed E-state index contributed by atoms with van der Waals surface area (Å²) in [5.74, 6) is 2.39. The van der Waals surface area contributed by atoms with Crippen LogP contribution in [-0.4, -0.2) is 56.6 Å². The summed E-state index contributed by atoms with van der Waals surface area (Å²) in [6.45, 7) is 3.95. The van der Waals surface area contributed by atoms with Gasteiger partial charge in [0.15, 0.2) is 11.8 Å². The molecule has 13 heteroatoms. The monoisotopic (exact) mass is 709 g/mol. The quantitative estimate of drug-likeness (QED) is 0.0700. The third-order valence-corrected chi connectivity index (χ3v) is 11.7. The van der Waals surface area contributed by atoms with Gasteiger partial charge in [0.2, 0.25) is 17.7 Å². The summed E-state index contributed by atoms with van der Waals surface area (Å²) in [7, 11) is 0. The predicted molar refractivity (Wildman–Crippen MR) is 197 cm³/mol. The zero-order chi connectivity index (χ0) is 36.6. The van der Waals surface area contributed by atoms with E-state index in [9.17, 15) is 14.7 Å². The van der Waals surface area contributed by atoms with Crippen molar-refractivity contribution < 1.29 is 19.2 Å². The Bertz CT molecular complexity index is 1890. The van der Waals surface area contributed by atoms with Crippen LogP contribution in [0.3, 0.4) is 0 Å². The summed E-state index contributed by atoms with van der Waals surface area (Å²) in [5, 5.41) is 31.8. The molecule has 4 aromatic rings. The standard InChI is InChI=1S/C39H51N9O4/c1-21-9-27(49)10-22(2)29(21)15-32(45-35(50)30(40)7-8-43-38(41)42)36(51)46-33(14-26-20-44-31-6-4-3-5-28(26)31)37-47-34(48-52-37)19-39-16-23-11-24(17-39)13-25(12-23)18-39/h3-6,9-10,20,23-25,30,32-33,44,49H,7-8,11-19,40H2,1-2H3,(H,45,50)(H,46,51)(H4,41,42,43)/t23?,24?,25?,30-,32+,33+,39?/m1/s1. The number of aromatic nitrogens is 3. The van der Waals surface area contributed by atoms with Gasteiger partial charge in [0.1, 0.15) is 17.8 Å². The second-order valence-corrected chi connectivity index (χ2v) is 15.8. The molecule has 4 bridgehead atoms. The summed E-state index contributed by atoms with van der Waals surface area (Å²) < 4.78 is 5.98. The topological polar surface area (TPSA) is 221 Å². The van der Waals surface area contributed by atoms with Crippen LogP contribution in [0.4, 0.5) is 0 Å². The number of rotatable bonds is 14. The van der Waals surface area contributed by atoms with Crippen molar-refractivity contribution in [2.75, 3.05) is 6.54 Å². The molecule has 52 heavy (non-hydrogen) atoms. The van der Waals surface area contributed by atoms with E-state index in [0.29, 0.717) is 18.1 Å². The van der Waals surface area contributed by atoms with Crippen LogP contribution in [0, 0.1) is 42.4 Å². The molecule has 2 aromatic heterocycles. The molecule has 4 aliphatic rings. The number of H-pyrrole nitrogens is 1. The van der Waals surface area contributed by atoms with E-state index in [1.54, 1.807) is 12.1 Å². The van der Waals surface area contributed by atoms with Crippen LogP contribution >= 0.6 is 0 Å². The van der Waals surface area contributed by atoms with Crippen molar-refractivity contribution in [3.05, 3.63) is 76.6 Å². The Morgan fingerprint density at radius 1 is 1.04 bits per heavy atom. The number of guanidine groups is 1. The second-order valence-electron chi connectivity index (χ2n) is 15.8. The maximum atomic E-state index is 14.4. The van der Waals surface area contributed by atoms with Crippen LogP contribution in [0.5, 0.6) is 5.75 Å². The maximum absolute atomic E-state index is 14.4. The summed E-state index contributed by atoms with van der Waals surface area (Å²) in [6, 6.07) is 8.63. The minimum absolute atomic E-state index is 0.128. The number of aromatic amines is 1. The number of nitrogens with zero attached hydrogens (tertiary/aromatic N) is 2. The molecule has 3 atom stereocenters. The molecule has 0 unspecified atom stereocenters. The SMILES string of the molecule is Cc1cc(O)cc(C)c1C[C@H](NC(=O)[C@H](N)CCNC(=N)N)C(=O)N[C@@H](Cc1c[nH]c2ccccc12)c1nc(CC23CC4CC(CC(C4)C2)C3)no1. The lowest BCUT2D eigenvalue weighted by Crippen LogP contribution is -2.53. The number of carbonyl (C=O) groups is 2. The molecule has 0 saturated heterocycles. The third-order valence-electron chi connectivity index (χ3n) is 11.7. The number of phenolic OH excluding ortho intramolecular Hbond substituents is 1. The third kappa shape index (κ3) is 7.79. The molecule has 0 spiro atoms. The van der Waals surface area contributed by atoms with Gasteiger partial charge in [-0.25, -0.2) is 0 Å². The van der Waals surface area contributed by atoms with E-state index < -0.39 is 29.9 Å². The number of hydrogen-bond donors (Lipinski definition) is 8. The van der Waals surface area contributed by atoms with Gasteiger partial charge < -0.3 is 42.0 Å². The molecule has 2 heterocycles. The first kappa shape index (κ1) is 35.5. The Morgan fingerprint density at radius 2 is 1.71 bits per heavy atom. The minimum atomic E-state index is -1.01. The van der Waals surface area contributed by atoms with Gasteiger partial charge in [-0.2, -0.15) is 4.98 Å². The van der Waals surface area contributed by atoms with Crippen LogP contribution in [0.2, 0.25) is 0 Å². The fourth-order valence-electron chi connectivity index (χ4n) is 9.79. The fraction of sp³-hybridized carbons (Fsp3) is 0.513. The van der Waals surface area contributed by atoms with Crippen molar-refractivity contribution in [2.45, 2.75) is 96.2 Å². The van der Waals surface area contributed by atoms with Gasteiger partial charge in [0.05, 0.1) is 6.04 Å². The molecule has 8 rings (SSSR count). The highest BCUT2D eigenvalue weighted by Crippen LogP contribution is 2.60. The van der Waals surface area contributed by atoms with Crippen LogP contribution in [-0.2, 0) is 28.9 Å². The van der Waals surface area contributed by atoms with Crippen LogP contribution in [0.25, 0.3) is 10.9 Å². The van der Waals surface area contributed by atoms with Gasteiger partial charge in [-0.05, 0) is 122 Å². The van der Waals surface area contributed by atoms with E-state index in [4.69, 9.17) is 26.4 Å². The Hall–Kier alpha value is -4.91. The highest BCUT2D eigenvalue weighted by molar-refractivity contribution is 5.90. The van der Waals surface area contributed by atoms with Gasteiger partial charge in [-0.15, -0.1) is 0 Å². The lowest BCUT2D eigenvalue weighted by molar-refractivity contribution is -0.130. The predicted octanol–water partition coefficient (Wildman–Crippen LogP) is 3.96. The first-order chi connectivity index (χ1) is 24.9. The minimum Gasteiger partial charge on any atom is -0.508 e. The summed E-state index contributed by atoms with van der Waals surface area (Å²) >= 11 is 0. The molecule has 0 radical (unpaired) electrons. The number of carbonyl (C=O) groups excluding carboxylic acids is 2. The zero-order valence-electron chi connectivity index (χ0n) is 30.0. The van der Waals surface area contributed by atoms with Crippen LogP contribution in [0.15, 0.2) is 47.1 Å². The van der Waals surface area contributed by atoms with Gasteiger partial charge in [0, 0.05) is 42.9 Å². The Balaban J connectivity index is 1.15. The summed E-state index contributed by atoms with van der Waals surface area (Å²) in [5.41, 5.74) is 16.2. The van der Waals surface area contributed by atoms with E-state index in [1.165, 1.54) is 38.5 Å². The fourth-order valence-corrected chi connectivity index (χ4v) is 9.79. The zero-order valence-corrected chi connectivity index (χ0v) is 30.0. The number of hydrogen-bond acceptors (Lipinski definition) is 8. The van der Waals surface area contributed by atoms with Crippen molar-refractivity contribution in [3.63, 3.8) is 0 Å². The molecule has 4 fully saturated rings. The molecule has 2 amide bonds. The Morgan fingerprint density at radius 3 is 2.38 bits per heavy atom. The second kappa shape index (κ2) is 14.6. The van der Waals surface area contributed by atoms with Crippen molar-refractivity contribution >= 4 is 28.7 Å². The van der Waals surface area contributed by atoms with Crippen molar-refractivity contribution in [3.8, 4) is 5.75 Å². The molecule has 13 nitrogen and oxygen atoms in total. The first-order valence-corrected chi connectivity index (χ1v) is 18.5. The number of para-hydroxylation sites is 1. The largest absolute Gasteiger partial charge is 0.508 e. The molecule has 2 aromatic carbocycles. The number of aromatic hydroxyl groups is 1. The molecule has 276 valence electrons. The van der Waals surface area contributed by atoms with E-state index in [2.05, 4.69) is 26.1 Å². The number of amides is 2. The number of aryl methyl sites for hydroxylation is 2. The lowest BCUT2D eigenvalue weighted by atomic mass is 9.49. The number of nitrogens with one attached hydrogen (secondary N) is 5. The molecule has 10 N–H and O–H groups in total. The molecular formula is C39H51N9O4. The maximum Gasteiger partial charge on any atom is 0.249 e. The average molecular weight is 710 g/mol. The van der Waals surface area contributed by atoms with Crippen molar-refractivity contribution in [2.24, 2.45) is 34.6 Å². The van der Waals surface area contributed by atoms with E-state index >= 15 is 0 Å². The van der Waals surface area contributed by atoms with E-state index in [-0.39, 0.29) is 36.5 Å². The normalized spacial score (nSPS) is 23.6. The number of benzene rings is 2. The summed E-state index contributed by atoms with van der Waals surface area (Å²) in [4.78, 5) is 36.1. The Kier molecular flexibility index (Phi) is 9.97. The molecular weight excluding hydrogens is 658 g/mol. The smallest absolute Gasteiger partial charge is 0.249 e.